The average Bonchev–Trinajstić information content (AvgIpc) is 3.24. The number of alkyl halides is 3. The molecule has 1 aliphatic rings. The summed E-state index contributed by atoms with van der Waals surface area (Å²) in [7, 11) is 3.04. The van der Waals surface area contributed by atoms with Crippen LogP contribution in [-0.2, 0) is 12.7 Å². The molecule has 2 N–H and O–H groups in total. The molecule has 0 atom stereocenters. The van der Waals surface area contributed by atoms with Crippen LogP contribution in [-0.4, -0.2) is 56.6 Å². The zero-order chi connectivity index (χ0) is 25.5. The van der Waals surface area contributed by atoms with E-state index in [2.05, 4.69) is 20.8 Å². The maximum Gasteiger partial charge on any atom is 0.435 e. The molecule has 182 valence electrons. The molecule has 1 aliphatic heterocycles. The first-order valence-corrected chi connectivity index (χ1v) is 10.4. The average molecular weight is 508 g/mol. The molecule has 10 nitrogen and oxygen atoms in total. The van der Waals surface area contributed by atoms with Crippen molar-refractivity contribution in [2.24, 2.45) is 0 Å². The number of hydrogen-bond acceptors (Lipinski definition) is 5. The second kappa shape index (κ2) is 8.91. The van der Waals surface area contributed by atoms with Gasteiger partial charge in [-0.3, -0.25) is 15.0 Å². The van der Waals surface area contributed by atoms with Gasteiger partial charge in [-0.05, 0) is 23.8 Å². The largest absolute Gasteiger partial charge is 0.435 e. The fourth-order valence-electron chi connectivity index (χ4n) is 3.41. The predicted octanol–water partition coefficient (Wildman–Crippen LogP) is 3.33. The third-order valence-corrected chi connectivity index (χ3v) is 5.27. The van der Waals surface area contributed by atoms with Crippen molar-refractivity contribution in [3.8, 4) is 5.82 Å². The molecule has 35 heavy (non-hydrogen) atoms. The normalized spacial score (nSPS) is 13.2. The van der Waals surface area contributed by atoms with Crippen molar-refractivity contribution in [3.05, 3.63) is 70.1 Å². The van der Waals surface area contributed by atoms with Crippen LogP contribution in [0.25, 0.3) is 5.82 Å². The molecule has 4 rings (SSSR count). The van der Waals surface area contributed by atoms with Crippen LogP contribution in [0.4, 0.5) is 23.7 Å². The summed E-state index contributed by atoms with van der Waals surface area (Å²) in [6, 6.07) is 7.51. The maximum absolute atomic E-state index is 13.4. The van der Waals surface area contributed by atoms with Crippen molar-refractivity contribution >= 4 is 35.1 Å². The molecule has 0 saturated heterocycles. The lowest BCUT2D eigenvalue weighted by molar-refractivity contribution is -0.141. The van der Waals surface area contributed by atoms with Crippen molar-refractivity contribution < 1.29 is 27.6 Å². The first-order chi connectivity index (χ1) is 16.5. The minimum Gasteiger partial charge on any atom is -0.329 e. The Hall–Kier alpha value is -4.13. The van der Waals surface area contributed by atoms with Gasteiger partial charge in [-0.2, -0.15) is 18.3 Å². The second-order valence-electron chi connectivity index (χ2n) is 7.63. The van der Waals surface area contributed by atoms with E-state index in [1.165, 1.54) is 43.4 Å². The minimum atomic E-state index is -4.84. The molecule has 2 aromatic heterocycles. The summed E-state index contributed by atoms with van der Waals surface area (Å²) in [5.41, 5.74) is 1.14. The van der Waals surface area contributed by atoms with Crippen LogP contribution in [0.5, 0.6) is 0 Å². The topological polar surface area (TPSA) is 112 Å². The van der Waals surface area contributed by atoms with Crippen LogP contribution in [0.2, 0.25) is 5.02 Å². The number of carbonyl (C=O) groups excluding carboxylic acids is 3. The lowest BCUT2D eigenvalue weighted by Gasteiger charge is -2.31. The highest BCUT2D eigenvalue weighted by Gasteiger charge is 2.37. The summed E-state index contributed by atoms with van der Waals surface area (Å²) in [6.45, 7) is 0.0154. The number of anilines is 1. The van der Waals surface area contributed by atoms with Crippen LogP contribution < -0.4 is 10.7 Å². The van der Waals surface area contributed by atoms with Gasteiger partial charge in [0.25, 0.3) is 11.8 Å². The van der Waals surface area contributed by atoms with Crippen molar-refractivity contribution in [2.75, 3.05) is 19.4 Å². The van der Waals surface area contributed by atoms with Gasteiger partial charge in [-0.15, -0.1) is 0 Å². The molecule has 0 fully saturated rings. The number of fused-ring (bicyclic) bond motifs is 1. The van der Waals surface area contributed by atoms with Crippen LogP contribution in [0.1, 0.15) is 32.1 Å². The van der Waals surface area contributed by atoms with Gasteiger partial charge in [0.15, 0.2) is 11.5 Å². The van der Waals surface area contributed by atoms with Crippen molar-refractivity contribution in [2.45, 2.75) is 12.7 Å². The van der Waals surface area contributed by atoms with Gasteiger partial charge in [-0.25, -0.2) is 19.5 Å². The molecule has 0 saturated carbocycles. The first kappa shape index (κ1) is 24.0. The summed E-state index contributed by atoms with van der Waals surface area (Å²) in [6.07, 6.45) is -3.55. The third-order valence-electron chi connectivity index (χ3n) is 4.98. The summed E-state index contributed by atoms with van der Waals surface area (Å²) in [5, 5.41) is 7.02. The number of rotatable bonds is 3. The summed E-state index contributed by atoms with van der Waals surface area (Å²) < 4.78 is 40.8. The molecule has 0 bridgehead atoms. The minimum absolute atomic E-state index is 0.0154. The predicted molar refractivity (Wildman–Crippen MR) is 118 cm³/mol. The number of pyridine rings is 1. The Morgan fingerprint density at radius 3 is 2.60 bits per heavy atom. The van der Waals surface area contributed by atoms with Crippen molar-refractivity contribution in [1.29, 1.82) is 0 Å². The smallest absolute Gasteiger partial charge is 0.329 e. The summed E-state index contributed by atoms with van der Waals surface area (Å²) in [5.74, 6) is -1.84. The number of amides is 4. The number of carbonyl (C=O) groups is 3. The molecule has 3 aromatic rings. The summed E-state index contributed by atoms with van der Waals surface area (Å²) in [4.78, 5) is 43.3. The van der Waals surface area contributed by atoms with E-state index in [0.717, 1.165) is 5.01 Å². The van der Waals surface area contributed by atoms with E-state index in [1.54, 1.807) is 12.1 Å². The van der Waals surface area contributed by atoms with E-state index >= 15 is 0 Å². The molecule has 3 heterocycles. The molecule has 4 amide bonds. The van der Waals surface area contributed by atoms with E-state index in [4.69, 9.17) is 11.6 Å². The number of nitrogens with zero attached hydrogens (tertiary/aromatic N) is 5. The maximum atomic E-state index is 13.4. The van der Waals surface area contributed by atoms with Gasteiger partial charge < -0.3 is 10.2 Å². The van der Waals surface area contributed by atoms with E-state index in [9.17, 15) is 27.6 Å². The Kier molecular flexibility index (Phi) is 6.11. The monoisotopic (exact) mass is 507 g/mol. The molecule has 0 unspecified atom stereocenters. The van der Waals surface area contributed by atoms with Gasteiger partial charge >= 0.3 is 12.2 Å². The Labute approximate surface area is 201 Å². The lowest BCUT2D eigenvalue weighted by atomic mass is 10.0. The molecule has 1 aromatic carbocycles. The first-order valence-electron chi connectivity index (χ1n) is 9.98. The molecular weight excluding hydrogens is 491 g/mol. The number of nitrogens with one attached hydrogen (secondary N) is 2. The van der Waals surface area contributed by atoms with E-state index < -0.39 is 35.4 Å². The lowest BCUT2D eigenvalue weighted by Crippen LogP contribution is -2.52. The summed E-state index contributed by atoms with van der Waals surface area (Å²) >= 11 is 6.07. The van der Waals surface area contributed by atoms with Gasteiger partial charge in [0.1, 0.15) is 5.69 Å². The highest BCUT2D eigenvalue weighted by Crippen LogP contribution is 2.31. The molecule has 0 spiro atoms. The number of benzene rings is 1. The second-order valence-corrected chi connectivity index (χ2v) is 8.04. The highest BCUT2D eigenvalue weighted by atomic mass is 35.5. The van der Waals surface area contributed by atoms with Crippen LogP contribution in [0.15, 0.2) is 42.6 Å². The Bertz CT molecular complexity index is 1340. The fraction of sp³-hybridized carbons (Fsp3) is 0.190. The standard InChI is InChI=1S/C21H17ClF3N7O3/c1-30(2)20(35)31-10-11-5-3-7-13(16(11)19(34)29-31)27-18(33)14-9-15(21(23,24)25)28-32(14)17-12(22)6-4-8-26-17/h3-9H,10H2,1-2H3,(H,27,33)(H,29,34). The van der Waals surface area contributed by atoms with Gasteiger partial charge in [0.05, 0.1) is 22.8 Å². The Morgan fingerprint density at radius 2 is 1.94 bits per heavy atom. The number of hydrogen-bond donors (Lipinski definition) is 2. The molecule has 0 radical (unpaired) electrons. The Morgan fingerprint density at radius 1 is 1.20 bits per heavy atom. The van der Waals surface area contributed by atoms with Crippen molar-refractivity contribution in [1.82, 2.24) is 30.1 Å². The van der Waals surface area contributed by atoms with E-state index in [1.807, 2.05) is 0 Å². The van der Waals surface area contributed by atoms with Gasteiger partial charge in [0.2, 0.25) is 0 Å². The zero-order valence-electron chi connectivity index (χ0n) is 18.2. The van der Waals surface area contributed by atoms with Crippen LogP contribution in [0.3, 0.4) is 0 Å². The number of halogens is 4. The van der Waals surface area contributed by atoms with Gasteiger partial charge in [0, 0.05) is 26.4 Å². The van der Waals surface area contributed by atoms with Crippen LogP contribution >= 0.6 is 11.6 Å². The highest BCUT2D eigenvalue weighted by molar-refractivity contribution is 6.32. The van der Waals surface area contributed by atoms with Gasteiger partial charge in [-0.1, -0.05) is 23.7 Å². The van der Waals surface area contributed by atoms with E-state index in [0.29, 0.717) is 16.3 Å². The SMILES string of the molecule is CN(C)C(=O)N1Cc2cccc(NC(=O)c3cc(C(F)(F)F)nn3-c3ncccc3Cl)c2C(=O)N1. The number of aromatic nitrogens is 3. The third kappa shape index (κ3) is 4.62. The molecule has 0 aliphatic carbocycles. The zero-order valence-corrected chi connectivity index (χ0v) is 19.0. The van der Waals surface area contributed by atoms with Crippen molar-refractivity contribution in [3.63, 3.8) is 0 Å². The number of urea groups is 1. The van der Waals surface area contributed by atoms with E-state index in [-0.39, 0.29) is 28.6 Å². The van der Waals surface area contributed by atoms with Crippen LogP contribution in [0, 0.1) is 0 Å². The number of hydrazine groups is 1. The quantitative estimate of drug-likeness (QED) is 0.564. The Balaban J connectivity index is 1.71. The molecule has 14 heteroatoms. The molecular formula is C21H17ClF3N7O3. The fourth-order valence-corrected chi connectivity index (χ4v) is 3.61.